The molecule has 4 aromatic carbocycles. The number of para-hydroxylation sites is 1. The molecule has 0 aromatic heterocycles. The molecule has 44 heavy (non-hydrogen) atoms. The first kappa shape index (κ1) is 32.1. The first-order chi connectivity index (χ1) is 21.1. The zero-order valence-corrected chi connectivity index (χ0v) is 25.7. The molecular formula is C32H26BrFN4O5S. The Bertz CT molecular complexity index is 1740. The zero-order valence-electron chi connectivity index (χ0n) is 23.3. The number of nitro benzene ring substituents is 1. The van der Waals surface area contributed by atoms with E-state index < -0.39 is 27.8 Å². The van der Waals surface area contributed by atoms with Crippen molar-refractivity contribution in [3.63, 3.8) is 0 Å². The number of hydrogen-bond acceptors (Lipinski definition) is 6. The topological polar surface area (TPSA) is 130 Å². The van der Waals surface area contributed by atoms with E-state index in [-0.39, 0.29) is 28.5 Å². The normalized spacial score (nSPS) is 11.8. The van der Waals surface area contributed by atoms with Gasteiger partial charge in [-0.05, 0) is 67.1 Å². The predicted octanol–water partition coefficient (Wildman–Crippen LogP) is 7.42. The first-order valence-corrected chi connectivity index (χ1v) is 15.0. The average molecular weight is 678 g/mol. The molecule has 4 aromatic rings. The van der Waals surface area contributed by atoms with E-state index in [1.165, 1.54) is 48.2 Å². The summed E-state index contributed by atoms with van der Waals surface area (Å²) < 4.78 is 14.8. The number of nitrogens with one attached hydrogen (secondary N) is 3. The van der Waals surface area contributed by atoms with E-state index in [2.05, 4.69) is 31.9 Å². The molecule has 0 bridgehead atoms. The highest BCUT2D eigenvalue weighted by molar-refractivity contribution is 9.10. The van der Waals surface area contributed by atoms with Crippen LogP contribution < -0.4 is 16.0 Å². The molecule has 0 spiro atoms. The molecule has 4 rings (SSSR count). The van der Waals surface area contributed by atoms with Crippen LogP contribution in [0.1, 0.15) is 29.3 Å². The smallest absolute Gasteiger partial charge is 0.276 e. The van der Waals surface area contributed by atoms with Crippen LogP contribution in [0.5, 0.6) is 0 Å². The number of halogens is 2. The summed E-state index contributed by atoms with van der Waals surface area (Å²) in [6.07, 6.45) is 1.69. The van der Waals surface area contributed by atoms with Crippen LogP contribution in [0, 0.1) is 15.9 Å². The molecule has 224 valence electrons. The zero-order chi connectivity index (χ0) is 31.6. The number of nitrogens with zero attached hydrogens (tertiary/aromatic N) is 1. The van der Waals surface area contributed by atoms with Crippen molar-refractivity contribution in [3.8, 4) is 0 Å². The number of amides is 3. The van der Waals surface area contributed by atoms with E-state index in [0.717, 1.165) is 0 Å². The third-order valence-corrected chi connectivity index (χ3v) is 8.04. The maximum Gasteiger partial charge on any atom is 0.276 e. The second-order valence-corrected chi connectivity index (χ2v) is 11.5. The van der Waals surface area contributed by atoms with Gasteiger partial charge in [0.05, 0.1) is 21.4 Å². The summed E-state index contributed by atoms with van der Waals surface area (Å²) >= 11 is 4.43. The summed E-state index contributed by atoms with van der Waals surface area (Å²) in [6.45, 7) is 1.83. The Labute approximate surface area is 265 Å². The molecule has 0 aliphatic rings. The van der Waals surface area contributed by atoms with Crippen LogP contribution in [-0.2, 0) is 9.59 Å². The lowest BCUT2D eigenvalue weighted by Crippen LogP contribution is -2.30. The largest absolute Gasteiger partial charge is 0.323 e. The fourth-order valence-corrected chi connectivity index (χ4v) is 5.36. The van der Waals surface area contributed by atoms with Crippen molar-refractivity contribution in [1.29, 1.82) is 0 Å². The van der Waals surface area contributed by atoms with Gasteiger partial charge in [-0.3, -0.25) is 24.5 Å². The number of benzene rings is 4. The van der Waals surface area contributed by atoms with Crippen molar-refractivity contribution >= 4 is 68.6 Å². The summed E-state index contributed by atoms with van der Waals surface area (Å²) in [4.78, 5) is 51.0. The summed E-state index contributed by atoms with van der Waals surface area (Å²) in [5.74, 6) is -2.24. The third-order valence-electron chi connectivity index (χ3n) is 6.18. The van der Waals surface area contributed by atoms with Crippen molar-refractivity contribution in [2.45, 2.75) is 23.5 Å². The fourth-order valence-electron chi connectivity index (χ4n) is 4.01. The van der Waals surface area contributed by atoms with Crippen LogP contribution in [0.3, 0.4) is 0 Å². The first-order valence-electron chi connectivity index (χ1n) is 13.3. The van der Waals surface area contributed by atoms with Crippen molar-refractivity contribution in [2.75, 3.05) is 10.6 Å². The number of carbonyl (C=O) groups excluding carboxylic acids is 3. The predicted molar refractivity (Wildman–Crippen MR) is 173 cm³/mol. The van der Waals surface area contributed by atoms with Crippen LogP contribution in [0.25, 0.3) is 6.08 Å². The Morgan fingerprint density at radius 1 is 0.955 bits per heavy atom. The van der Waals surface area contributed by atoms with E-state index in [1.54, 1.807) is 66.7 Å². The SMILES string of the molecule is CCC(Sc1cccc(NC(=O)/C(=C\c2ccccc2[N+](=O)[O-])NC(=O)c2ccccc2)c1)C(=O)Nc1ccc(Br)cc1F. The standard InChI is InChI=1S/C32H26BrFN4O5S/c1-2-29(32(41)36-26-16-15-22(33)18-25(26)34)44-24-13-8-12-23(19-24)35-31(40)27(37-30(39)20-9-4-3-5-10-20)17-21-11-6-7-14-28(21)38(42)43/h3-19,29H,2H2,1H3,(H,35,40)(H,36,41)(H,37,39)/b27-17+. The van der Waals surface area contributed by atoms with Crippen LogP contribution in [0.2, 0.25) is 0 Å². The number of rotatable bonds is 11. The number of carbonyl (C=O) groups is 3. The van der Waals surface area contributed by atoms with E-state index >= 15 is 0 Å². The molecule has 0 radical (unpaired) electrons. The number of thioether (sulfide) groups is 1. The summed E-state index contributed by atoms with van der Waals surface area (Å²) in [5.41, 5.74) is 0.384. The van der Waals surface area contributed by atoms with Gasteiger partial charge in [0.25, 0.3) is 17.5 Å². The Balaban J connectivity index is 1.54. The highest BCUT2D eigenvalue weighted by atomic mass is 79.9. The quantitative estimate of drug-likeness (QED) is 0.0656. The van der Waals surface area contributed by atoms with Crippen molar-refractivity contribution < 1.29 is 23.7 Å². The van der Waals surface area contributed by atoms with Gasteiger partial charge in [0.2, 0.25) is 5.91 Å². The molecule has 0 saturated heterocycles. The van der Waals surface area contributed by atoms with Gasteiger partial charge in [0, 0.05) is 26.7 Å². The molecule has 9 nitrogen and oxygen atoms in total. The van der Waals surface area contributed by atoms with E-state index in [4.69, 9.17) is 0 Å². The third kappa shape index (κ3) is 8.62. The van der Waals surface area contributed by atoms with E-state index in [0.29, 0.717) is 27.0 Å². The summed E-state index contributed by atoms with van der Waals surface area (Å²) in [7, 11) is 0. The van der Waals surface area contributed by atoms with Gasteiger partial charge < -0.3 is 16.0 Å². The van der Waals surface area contributed by atoms with Crippen LogP contribution >= 0.6 is 27.7 Å². The van der Waals surface area contributed by atoms with Gasteiger partial charge >= 0.3 is 0 Å². The molecule has 3 amide bonds. The lowest BCUT2D eigenvalue weighted by molar-refractivity contribution is -0.385. The fraction of sp³-hybridized carbons (Fsp3) is 0.0938. The summed E-state index contributed by atoms with van der Waals surface area (Å²) in [6, 6.07) is 25.2. The second kappa shape index (κ2) is 15.1. The van der Waals surface area contributed by atoms with Crippen LogP contribution in [0.4, 0.5) is 21.5 Å². The Morgan fingerprint density at radius 2 is 1.68 bits per heavy atom. The Morgan fingerprint density at radius 3 is 2.39 bits per heavy atom. The Hall–Kier alpha value is -4.81. The van der Waals surface area contributed by atoms with Gasteiger partial charge in [0.1, 0.15) is 11.5 Å². The molecule has 3 N–H and O–H groups in total. The molecule has 0 saturated carbocycles. The minimum atomic E-state index is -0.718. The van der Waals surface area contributed by atoms with E-state index in [9.17, 15) is 28.9 Å². The van der Waals surface area contributed by atoms with Crippen molar-refractivity contribution in [2.24, 2.45) is 0 Å². The lowest BCUT2D eigenvalue weighted by Gasteiger charge is -2.16. The Kier molecular flexibility index (Phi) is 11.0. The molecule has 0 aliphatic heterocycles. The molecule has 0 heterocycles. The van der Waals surface area contributed by atoms with Crippen LogP contribution in [-0.4, -0.2) is 27.9 Å². The number of anilines is 2. The maximum absolute atomic E-state index is 14.3. The monoisotopic (exact) mass is 676 g/mol. The van der Waals surface area contributed by atoms with Gasteiger partial charge in [-0.2, -0.15) is 0 Å². The molecule has 0 aliphatic carbocycles. The molecule has 1 unspecified atom stereocenters. The highest BCUT2D eigenvalue weighted by Crippen LogP contribution is 2.30. The average Bonchev–Trinajstić information content (AvgIpc) is 3.01. The second-order valence-electron chi connectivity index (χ2n) is 9.30. The minimum Gasteiger partial charge on any atom is -0.323 e. The number of nitro groups is 1. The van der Waals surface area contributed by atoms with Crippen molar-refractivity contribution in [3.05, 3.63) is 134 Å². The van der Waals surface area contributed by atoms with Crippen molar-refractivity contribution in [1.82, 2.24) is 5.32 Å². The molecule has 0 fully saturated rings. The minimum absolute atomic E-state index is 0.0637. The van der Waals surface area contributed by atoms with Crippen LogP contribution in [0.15, 0.2) is 112 Å². The molecular weight excluding hydrogens is 651 g/mol. The molecule has 1 atom stereocenters. The molecule has 12 heteroatoms. The number of hydrogen-bond donors (Lipinski definition) is 3. The van der Waals surface area contributed by atoms with Gasteiger partial charge in [-0.25, -0.2) is 4.39 Å². The lowest BCUT2D eigenvalue weighted by atomic mass is 10.1. The van der Waals surface area contributed by atoms with Gasteiger partial charge in [-0.15, -0.1) is 11.8 Å². The summed E-state index contributed by atoms with van der Waals surface area (Å²) in [5, 5.41) is 18.9. The van der Waals surface area contributed by atoms with Gasteiger partial charge in [-0.1, -0.05) is 59.3 Å². The van der Waals surface area contributed by atoms with E-state index in [1.807, 2.05) is 6.92 Å². The van der Waals surface area contributed by atoms with Gasteiger partial charge in [0.15, 0.2) is 0 Å². The highest BCUT2D eigenvalue weighted by Gasteiger charge is 2.21. The maximum atomic E-state index is 14.3.